The Morgan fingerprint density at radius 1 is 1.53 bits per heavy atom. The third-order valence-corrected chi connectivity index (χ3v) is 2.80. The summed E-state index contributed by atoms with van der Waals surface area (Å²) in [7, 11) is 1.85. The van der Waals surface area contributed by atoms with Gasteiger partial charge in [0, 0.05) is 12.6 Å². The summed E-state index contributed by atoms with van der Waals surface area (Å²) < 4.78 is 10.6. The summed E-state index contributed by atoms with van der Waals surface area (Å²) >= 11 is 0. The van der Waals surface area contributed by atoms with E-state index in [2.05, 4.69) is 17.2 Å². The maximum Gasteiger partial charge on any atom is 0.227 e. The number of nitrogens with one attached hydrogen (secondary N) is 2. The van der Waals surface area contributed by atoms with Gasteiger partial charge in [-0.15, -0.1) is 6.58 Å². The molecule has 0 aromatic heterocycles. The minimum Gasteiger partial charge on any atom is -0.379 e. The van der Waals surface area contributed by atoms with E-state index < -0.39 is 0 Å². The number of amides is 1. The Kier molecular flexibility index (Phi) is 6.84. The van der Waals surface area contributed by atoms with Crippen LogP contribution in [-0.2, 0) is 14.3 Å². The summed E-state index contributed by atoms with van der Waals surface area (Å²) in [5, 5.41) is 5.94. The van der Waals surface area contributed by atoms with Crippen LogP contribution in [0.1, 0.15) is 6.42 Å². The molecule has 1 rings (SSSR count). The summed E-state index contributed by atoms with van der Waals surface area (Å²) in [4.78, 5) is 11.8. The Morgan fingerprint density at radius 2 is 2.35 bits per heavy atom. The van der Waals surface area contributed by atoms with E-state index in [1.54, 1.807) is 0 Å². The van der Waals surface area contributed by atoms with E-state index in [9.17, 15) is 4.79 Å². The first-order chi connectivity index (χ1) is 8.29. The van der Waals surface area contributed by atoms with E-state index >= 15 is 0 Å². The maximum atomic E-state index is 11.8. The summed E-state index contributed by atoms with van der Waals surface area (Å²) in [6.07, 6.45) is 2.65. The molecule has 0 spiro atoms. The molecule has 0 aliphatic carbocycles. The van der Waals surface area contributed by atoms with Gasteiger partial charge in [-0.1, -0.05) is 6.08 Å². The first-order valence-electron chi connectivity index (χ1n) is 6.01. The molecule has 2 unspecified atom stereocenters. The largest absolute Gasteiger partial charge is 0.379 e. The van der Waals surface area contributed by atoms with Crippen molar-refractivity contribution in [1.29, 1.82) is 0 Å². The Morgan fingerprint density at radius 3 is 3.06 bits per heavy atom. The highest BCUT2D eigenvalue weighted by atomic mass is 16.5. The third-order valence-electron chi connectivity index (χ3n) is 2.80. The fourth-order valence-electron chi connectivity index (χ4n) is 1.74. The molecule has 0 aromatic carbocycles. The van der Waals surface area contributed by atoms with Gasteiger partial charge in [-0.2, -0.15) is 0 Å². The summed E-state index contributed by atoms with van der Waals surface area (Å²) in [5.74, 6) is -0.0534. The van der Waals surface area contributed by atoms with Gasteiger partial charge in [-0.25, -0.2) is 0 Å². The highest BCUT2D eigenvalue weighted by molar-refractivity contribution is 5.79. The van der Waals surface area contributed by atoms with Crippen molar-refractivity contribution in [3.8, 4) is 0 Å². The van der Waals surface area contributed by atoms with Crippen molar-refractivity contribution in [2.24, 2.45) is 5.92 Å². The lowest BCUT2D eigenvalue weighted by Crippen LogP contribution is -2.43. The van der Waals surface area contributed by atoms with E-state index in [1.807, 2.05) is 13.1 Å². The van der Waals surface area contributed by atoms with Crippen molar-refractivity contribution < 1.29 is 14.3 Å². The molecule has 5 nitrogen and oxygen atoms in total. The van der Waals surface area contributed by atoms with Crippen molar-refractivity contribution in [3.63, 3.8) is 0 Å². The SMILES string of the molecule is C=CCCOCCNC(=O)C1COCC1NC. The molecule has 98 valence electrons. The van der Waals surface area contributed by atoms with Gasteiger partial charge in [0.05, 0.1) is 32.3 Å². The zero-order valence-corrected chi connectivity index (χ0v) is 10.4. The zero-order valence-electron chi connectivity index (χ0n) is 10.4. The van der Waals surface area contributed by atoms with Crippen LogP contribution in [-0.4, -0.2) is 52.0 Å². The number of hydrogen-bond donors (Lipinski definition) is 2. The topological polar surface area (TPSA) is 59.6 Å². The fraction of sp³-hybridized carbons (Fsp3) is 0.750. The van der Waals surface area contributed by atoms with Crippen LogP contribution in [0.15, 0.2) is 12.7 Å². The molecular weight excluding hydrogens is 220 g/mol. The molecule has 2 atom stereocenters. The lowest BCUT2D eigenvalue weighted by atomic mass is 10.0. The minimum absolute atomic E-state index is 0.0363. The van der Waals surface area contributed by atoms with Gasteiger partial charge in [0.15, 0.2) is 0 Å². The normalized spacial score (nSPS) is 23.6. The molecule has 1 amide bonds. The van der Waals surface area contributed by atoms with Gasteiger partial charge in [0.2, 0.25) is 5.91 Å². The molecule has 1 fully saturated rings. The van der Waals surface area contributed by atoms with Crippen LogP contribution in [0.3, 0.4) is 0 Å². The van der Waals surface area contributed by atoms with Crippen LogP contribution in [0.2, 0.25) is 0 Å². The van der Waals surface area contributed by atoms with Crippen molar-refractivity contribution in [2.45, 2.75) is 12.5 Å². The lowest BCUT2D eigenvalue weighted by molar-refractivity contribution is -0.125. The second-order valence-corrected chi connectivity index (χ2v) is 4.02. The smallest absolute Gasteiger partial charge is 0.227 e. The predicted octanol–water partition coefficient (Wildman–Crippen LogP) is -0.0703. The lowest BCUT2D eigenvalue weighted by Gasteiger charge is -2.16. The molecular formula is C12H22N2O3. The van der Waals surface area contributed by atoms with Crippen LogP contribution in [0.25, 0.3) is 0 Å². The molecule has 1 saturated heterocycles. The fourth-order valence-corrected chi connectivity index (χ4v) is 1.74. The van der Waals surface area contributed by atoms with E-state index in [0.29, 0.717) is 33.0 Å². The summed E-state index contributed by atoms with van der Waals surface area (Å²) in [6.45, 7) is 6.44. The highest BCUT2D eigenvalue weighted by Gasteiger charge is 2.32. The second kappa shape index (κ2) is 8.22. The van der Waals surface area contributed by atoms with Gasteiger partial charge in [0.1, 0.15) is 0 Å². The van der Waals surface area contributed by atoms with Crippen molar-refractivity contribution in [3.05, 3.63) is 12.7 Å². The average Bonchev–Trinajstić information content (AvgIpc) is 2.81. The number of ether oxygens (including phenoxy) is 2. The summed E-state index contributed by atoms with van der Waals surface area (Å²) in [5.41, 5.74) is 0. The van der Waals surface area contributed by atoms with Crippen LogP contribution in [0.5, 0.6) is 0 Å². The Hall–Kier alpha value is -0.910. The molecule has 5 heteroatoms. The van der Waals surface area contributed by atoms with Crippen molar-refractivity contribution >= 4 is 5.91 Å². The standard InChI is InChI=1S/C12H22N2O3/c1-3-4-6-16-7-5-14-12(15)10-8-17-9-11(10)13-2/h3,10-11,13H,1,4-9H2,2H3,(H,14,15). The first-order valence-corrected chi connectivity index (χ1v) is 6.01. The number of carbonyl (C=O) groups excluding carboxylic acids is 1. The number of hydrogen-bond acceptors (Lipinski definition) is 4. The second-order valence-electron chi connectivity index (χ2n) is 4.02. The predicted molar refractivity (Wildman–Crippen MR) is 65.8 cm³/mol. The van der Waals surface area contributed by atoms with Crippen LogP contribution in [0, 0.1) is 5.92 Å². The molecule has 0 bridgehead atoms. The molecule has 1 aliphatic rings. The van der Waals surface area contributed by atoms with E-state index in [1.165, 1.54) is 0 Å². The number of likely N-dealkylation sites (N-methyl/N-ethyl adjacent to an activating group) is 1. The van der Waals surface area contributed by atoms with Crippen molar-refractivity contribution in [1.82, 2.24) is 10.6 Å². The maximum absolute atomic E-state index is 11.8. The molecule has 0 radical (unpaired) electrons. The summed E-state index contributed by atoms with van der Waals surface area (Å²) in [6, 6.07) is 0.122. The van der Waals surface area contributed by atoms with Crippen LogP contribution >= 0.6 is 0 Å². The molecule has 17 heavy (non-hydrogen) atoms. The molecule has 1 heterocycles. The zero-order chi connectivity index (χ0) is 12.5. The molecule has 1 aliphatic heterocycles. The van der Waals surface area contributed by atoms with Crippen LogP contribution < -0.4 is 10.6 Å². The average molecular weight is 242 g/mol. The Balaban J connectivity index is 2.10. The molecule has 0 saturated carbocycles. The minimum atomic E-state index is -0.0897. The monoisotopic (exact) mass is 242 g/mol. The Labute approximate surface area is 103 Å². The van der Waals surface area contributed by atoms with E-state index in [-0.39, 0.29) is 17.9 Å². The van der Waals surface area contributed by atoms with Crippen molar-refractivity contribution in [2.75, 3.05) is 40.0 Å². The highest BCUT2D eigenvalue weighted by Crippen LogP contribution is 2.12. The van der Waals surface area contributed by atoms with Gasteiger partial charge in [-0.05, 0) is 13.5 Å². The van der Waals surface area contributed by atoms with Gasteiger partial charge >= 0.3 is 0 Å². The first kappa shape index (κ1) is 14.2. The van der Waals surface area contributed by atoms with E-state index in [4.69, 9.17) is 9.47 Å². The molecule has 0 aromatic rings. The quantitative estimate of drug-likeness (QED) is 0.462. The third kappa shape index (κ3) is 4.85. The van der Waals surface area contributed by atoms with E-state index in [0.717, 1.165) is 6.42 Å². The number of rotatable bonds is 8. The van der Waals surface area contributed by atoms with Gasteiger partial charge in [0.25, 0.3) is 0 Å². The van der Waals surface area contributed by atoms with Gasteiger partial charge < -0.3 is 20.1 Å². The van der Waals surface area contributed by atoms with Crippen LogP contribution in [0.4, 0.5) is 0 Å². The van der Waals surface area contributed by atoms with Gasteiger partial charge in [-0.3, -0.25) is 4.79 Å². The number of carbonyl (C=O) groups is 1. The molecule has 2 N–H and O–H groups in total. The Bertz CT molecular complexity index is 246.